The molecule has 6 nitrogen and oxygen atoms in total. The molecular weight excluding hydrogens is 258 g/mol. The normalized spacial score (nSPS) is 10.2. The zero-order valence-corrected chi connectivity index (χ0v) is 11.1. The van der Waals surface area contributed by atoms with E-state index in [2.05, 4.69) is 10.3 Å². The Labute approximate surface area is 116 Å². The average molecular weight is 273 g/mol. The van der Waals surface area contributed by atoms with Crippen LogP contribution in [-0.4, -0.2) is 16.8 Å². The summed E-state index contributed by atoms with van der Waals surface area (Å²) < 4.78 is 5.06. The maximum Gasteiger partial charge on any atom is 0.248 e. The molecule has 3 N–H and O–H groups in total. The summed E-state index contributed by atoms with van der Waals surface area (Å²) in [5.41, 5.74) is 6.91. The van der Waals surface area contributed by atoms with Gasteiger partial charge >= 0.3 is 0 Å². The molecule has 0 fully saturated rings. The number of carbonyl (C=O) groups is 2. The predicted octanol–water partition coefficient (Wildman–Crippen LogP) is 1.65. The van der Waals surface area contributed by atoms with E-state index in [1.54, 1.807) is 37.5 Å². The number of aryl methyl sites for hydroxylation is 2. The van der Waals surface area contributed by atoms with E-state index in [0.717, 1.165) is 5.69 Å². The molecule has 0 atom stereocenters. The zero-order chi connectivity index (χ0) is 14.5. The van der Waals surface area contributed by atoms with E-state index in [1.807, 2.05) is 0 Å². The highest BCUT2D eigenvalue weighted by atomic mass is 16.3. The number of rotatable bonds is 5. The Hall–Kier alpha value is -2.63. The van der Waals surface area contributed by atoms with Crippen molar-refractivity contribution in [2.75, 3.05) is 5.32 Å². The first-order valence-corrected chi connectivity index (χ1v) is 6.15. The van der Waals surface area contributed by atoms with Gasteiger partial charge in [0.05, 0.1) is 5.69 Å². The summed E-state index contributed by atoms with van der Waals surface area (Å²) in [5.74, 6) is -0.0378. The van der Waals surface area contributed by atoms with Gasteiger partial charge in [-0.25, -0.2) is 4.98 Å². The Morgan fingerprint density at radius 3 is 2.55 bits per heavy atom. The van der Waals surface area contributed by atoms with Crippen LogP contribution < -0.4 is 11.1 Å². The van der Waals surface area contributed by atoms with Crippen LogP contribution in [0.3, 0.4) is 0 Å². The van der Waals surface area contributed by atoms with E-state index in [4.69, 9.17) is 10.2 Å². The minimum absolute atomic E-state index is 0.127. The maximum absolute atomic E-state index is 11.8. The minimum Gasteiger partial charge on any atom is -0.449 e. The highest BCUT2D eigenvalue weighted by Crippen LogP contribution is 2.10. The van der Waals surface area contributed by atoms with Gasteiger partial charge in [-0.2, -0.15) is 0 Å². The highest BCUT2D eigenvalue weighted by Gasteiger charge is 2.06. The summed E-state index contributed by atoms with van der Waals surface area (Å²) in [5, 5.41) is 2.74. The molecule has 0 aliphatic heterocycles. The van der Waals surface area contributed by atoms with Crippen molar-refractivity contribution in [3.05, 3.63) is 47.7 Å². The molecule has 6 heteroatoms. The zero-order valence-electron chi connectivity index (χ0n) is 11.1. The predicted molar refractivity (Wildman–Crippen MR) is 73.2 cm³/mol. The highest BCUT2D eigenvalue weighted by molar-refractivity contribution is 5.94. The SMILES string of the molecule is Cc1nc(CCC(=O)Nc2ccc(C(N)=O)cc2)co1. The Morgan fingerprint density at radius 1 is 1.30 bits per heavy atom. The second-order valence-electron chi connectivity index (χ2n) is 4.35. The van der Waals surface area contributed by atoms with E-state index in [1.165, 1.54) is 0 Å². The standard InChI is InChI=1S/C14H15N3O3/c1-9-16-12(8-20-9)6-7-13(18)17-11-4-2-10(3-5-11)14(15)19/h2-5,8H,6-7H2,1H3,(H2,15,19)(H,17,18). The van der Waals surface area contributed by atoms with Crippen LogP contribution in [0.1, 0.15) is 28.4 Å². The lowest BCUT2D eigenvalue weighted by Gasteiger charge is -2.04. The summed E-state index contributed by atoms with van der Waals surface area (Å²) in [7, 11) is 0. The number of nitrogens with zero attached hydrogens (tertiary/aromatic N) is 1. The second kappa shape index (κ2) is 6.01. The van der Waals surface area contributed by atoms with Gasteiger partial charge in [0.25, 0.3) is 0 Å². The van der Waals surface area contributed by atoms with Gasteiger partial charge in [0.15, 0.2) is 5.89 Å². The lowest BCUT2D eigenvalue weighted by atomic mass is 10.2. The van der Waals surface area contributed by atoms with Crippen LogP contribution in [0.5, 0.6) is 0 Å². The molecule has 104 valence electrons. The summed E-state index contributed by atoms with van der Waals surface area (Å²) in [6, 6.07) is 6.41. The van der Waals surface area contributed by atoms with E-state index in [0.29, 0.717) is 30.0 Å². The van der Waals surface area contributed by atoms with Crippen LogP contribution in [0.4, 0.5) is 5.69 Å². The molecule has 0 aliphatic carbocycles. The molecule has 0 saturated carbocycles. The van der Waals surface area contributed by atoms with Crippen LogP contribution in [0.15, 0.2) is 34.9 Å². The molecule has 0 spiro atoms. The fraction of sp³-hybridized carbons (Fsp3) is 0.214. The van der Waals surface area contributed by atoms with Gasteiger partial charge in [-0.05, 0) is 24.3 Å². The molecule has 20 heavy (non-hydrogen) atoms. The third-order valence-corrected chi connectivity index (χ3v) is 2.73. The number of anilines is 1. The molecule has 0 aliphatic rings. The minimum atomic E-state index is -0.496. The van der Waals surface area contributed by atoms with Crippen molar-refractivity contribution in [3.63, 3.8) is 0 Å². The van der Waals surface area contributed by atoms with E-state index >= 15 is 0 Å². The van der Waals surface area contributed by atoms with Gasteiger partial charge in [-0.15, -0.1) is 0 Å². The summed E-state index contributed by atoms with van der Waals surface area (Å²) >= 11 is 0. The smallest absolute Gasteiger partial charge is 0.248 e. The number of nitrogens with one attached hydrogen (secondary N) is 1. The summed E-state index contributed by atoms with van der Waals surface area (Å²) in [6.45, 7) is 1.75. The monoisotopic (exact) mass is 273 g/mol. The van der Waals surface area contributed by atoms with E-state index in [-0.39, 0.29) is 5.91 Å². The lowest BCUT2D eigenvalue weighted by molar-refractivity contribution is -0.116. The van der Waals surface area contributed by atoms with E-state index < -0.39 is 5.91 Å². The first kappa shape index (κ1) is 13.8. The van der Waals surface area contributed by atoms with Crippen molar-refractivity contribution in [1.82, 2.24) is 4.98 Å². The topological polar surface area (TPSA) is 98.2 Å². The molecule has 1 aromatic heterocycles. The quantitative estimate of drug-likeness (QED) is 0.865. The molecule has 1 aromatic carbocycles. The van der Waals surface area contributed by atoms with Crippen LogP contribution >= 0.6 is 0 Å². The molecule has 0 bridgehead atoms. The van der Waals surface area contributed by atoms with Crippen LogP contribution in [-0.2, 0) is 11.2 Å². The Bertz CT molecular complexity index is 617. The fourth-order valence-electron chi connectivity index (χ4n) is 1.71. The third-order valence-electron chi connectivity index (χ3n) is 2.73. The number of primary amides is 1. The van der Waals surface area contributed by atoms with Crippen molar-refractivity contribution in [1.29, 1.82) is 0 Å². The van der Waals surface area contributed by atoms with Crippen LogP contribution in [0, 0.1) is 6.92 Å². The first-order valence-electron chi connectivity index (χ1n) is 6.15. The number of nitrogens with two attached hydrogens (primary N) is 1. The van der Waals surface area contributed by atoms with Crippen molar-refractivity contribution >= 4 is 17.5 Å². The molecule has 2 aromatic rings. The van der Waals surface area contributed by atoms with Gasteiger partial charge in [0.2, 0.25) is 11.8 Å². The van der Waals surface area contributed by atoms with Gasteiger partial charge in [-0.1, -0.05) is 0 Å². The molecular formula is C14H15N3O3. The van der Waals surface area contributed by atoms with Crippen molar-refractivity contribution in [3.8, 4) is 0 Å². The molecule has 0 unspecified atom stereocenters. The van der Waals surface area contributed by atoms with Crippen molar-refractivity contribution < 1.29 is 14.0 Å². The number of aromatic nitrogens is 1. The van der Waals surface area contributed by atoms with Gasteiger partial charge < -0.3 is 15.5 Å². The summed E-state index contributed by atoms with van der Waals surface area (Å²) in [6.07, 6.45) is 2.37. The largest absolute Gasteiger partial charge is 0.449 e. The number of amides is 2. The Balaban J connectivity index is 1.86. The van der Waals surface area contributed by atoms with Crippen LogP contribution in [0.25, 0.3) is 0 Å². The average Bonchev–Trinajstić information content (AvgIpc) is 2.83. The van der Waals surface area contributed by atoms with Gasteiger partial charge in [-0.3, -0.25) is 9.59 Å². The molecule has 2 amide bonds. The maximum atomic E-state index is 11.8. The number of benzene rings is 1. The van der Waals surface area contributed by atoms with Crippen molar-refractivity contribution in [2.45, 2.75) is 19.8 Å². The van der Waals surface area contributed by atoms with Crippen LogP contribution in [0.2, 0.25) is 0 Å². The third kappa shape index (κ3) is 3.68. The lowest BCUT2D eigenvalue weighted by Crippen LogP contribution is -2.13. The fourth-order valence-corrected chi connectivity index (χ4v) is 1.71. The number of carbonyl (C=O) groups excluding carboxylic acids is 2. The molecule has 0 radical (unpaired) electrons. The number of hydrogen-bond donors (Lipinski definition) is 2. The van der Waals surface area contributed by atoms with E-state index in [9.17, 15) is 9.59 Å². The molecule has 2 rings (SSSR count). The van der Waals surface area contributed by atoms with Crippen molar-refractivity contribution in [2.24, 2.45) is 5.73 Å². The second-order valence-corrected chi connectivity index (χ2v) is 4.35. The number of oxazole rings is 1. The summed E-state index contributed by atoms with van der Waals surface area (Å²) in [4.78, 5) is 26.8. The Morgan fingerprint density at radius 2 is 2.00 bits per heavy atom. The van der Waals surface area contributed by atoms with Gasteiger partial charge in [0, 0.05) is 31.0 Å². The Kier molecular flexibility index (Phi) is 4.14. The first-order chi connectivity index (χ1) is 9.54. The van der Waals surface area contributed by atoms with Gasteiger partial charge in [0.1, 0.15) is 6.26 Å². The number of hydrogen-bond acceptors (Lipinski definition) is 4. The molecule has 0 saturated heterocycles. The molecule has 1 heterocycles.